The summed E-state index contributed by atoms with van der Waals surface area (Å²) in [5, 5.41) is 15.5. The summed E-state index contributed by atoms with van der Waals surface area (Å²) in [5.41, 5.74) is 2.24. The summed E-state index contributed by atoms with van der Waals surface area (Å²) in [6.07, 6.45) is 1.03. The Hall–Kier alpha value is -2.74. The number of carbonyl (C=O) groups is 2. The standard InChI is InChI=1S/C18H19N3O4S/c1-12-2-3-14(21(24)25)10-15(12)19-17(22)4-5-18(23)20-8-6-16-13(11-20)7-9-26-16/h2-3,7,9-10H,4-6,8,11H2,1H3,(H,19,22). The molecule has 2 heterocycles. The number of thiophene rings is 1. The van der Waals surface area contributed by atoms with Crippen LogP contribution in [0.5, 0.6) is 0 Å². The van der Waals surface area contributed by atoms with Crippen LogP contribution in [0.1, 0.15) is 28.8 Å². The van der Waals surface area contributed by atoms with Crippen molar-refractivity contribution in [3.05, 3.63) is 55.8 Å². The largest absolute Gasteiger partial charge is 0.338 e. The molecule has 0 fully saturated rings. The van der Waals surface area contributed by atoms with Crippen molar-refractivity contribution >= 4 is 34.5 Å². The molecule has 136 valence electrons. The first-order chi connectivity index (χ1) is 12.4. The van der Waals surface area contributed by atoms with Gasteiger partial charge >= 0.3 is 0 Å². The zero-order valence-electron chi connectivity index (χ0n) is 14.4. The van der Waals surface area contributed by atoms with Crippen LogP contribution < -0.4 is 5.32 Å². The first-order valence-corrected chi connectivity index (χ1v) is 9.20. The van der Waals surface area contributed by atoms with Gasteiger partial charge in [0, 0.05) is 42.9 Å². The predicted octanol–water partition coefficient (Wildman–Crippen LogP) is 3.27. The Labute approximate surface area is 154 Å². The summed E-state index contributed by atoms with van der Waals surface area (Å²) in [6, 6.07) is 6.35. The van der Waals surface area contributed by atoms with Crippen LogP contribution in [0.15, 0.2) is 29.6 Å². The molecule has 0 radical (unpaired) electrons. The normalized spacial score (nSPS) is 13.2. The van der Waals surface area contributed by atoms with Gasteiger partial charge in [0.2, 0.25) is 11.8 Å². The average molecular weight is 373 g/mol. The molecule has 2 aromatic rings. The van der Waals surface area contributed by atoms with Gasteiger partial charge < -0.3 is 10.2 Å². The van der Waals surface area contributed by atoms with E-state index in [2.05, 4.69) is 5.32 Å². The van der Waals surface area contributed by atoms with E-state index in [4.69, 9.17) is 0 Å². The molecule has 8 heteroatoms. The number of aryl methyl sites for hydroxylation is 1. The maximum atomic E-state index is 12.4. The van der Waals surface area contributed by atoms with E-state index in [1.165, 1.54) is 22.6 Å². The van der Waals surface area contributed by atoms with Crippen LogP contribution in [-0.4, -0.2) is 28.2 Å². The van der Waals surface area contributed by atoms with E-state index in [0.717, 1.165) is 12.0 Å². The number of nitro benzene ring substituents is 1. The number of fused-ring (bicyclic) bond motifs is 1. The molecule has 1 aliphatic rings. The first-order valence-electron chi connectivity index (χ1n) is 8.32. The van der Waals surface area contributed by atoms with E-state index in [0.29, 0.717) is 18.8 Å². The number of hydrogen-bond acceptors (Lipinski definition) is 5. The van der Waals surface area contributed by atoms with E-state index in [1.807, 2.05) is 11.4 Å². The summed E-state index contributed by atoms with van der Waals surface area (Å²) >= 11 is 1.71. The van der Waals surface area contributed by atoms with Crippen LogP contribution in [0.25, 0.3) is 0 Å². The molecule has 0 saturated carbocycles. The number of nitrogens with zero attached hydrogens (tertiary/aromatic N) is 2. The Morgan fingerprint density at radius 2 is 2.12 bits per heavy atom. The van der Waals surface area contributed by atoms with Gasteiger partial charge in [0.05, 0.1) is 10.6 Å². The highest BCUT2D eigenvalue weighted by atomic mass is 32.1. The van der Waals surface area contributed by atoms with E-state index >= 15 is 0 Å². The van der Waals surface area contributed by atoms with Gasteiger partial charge in [0.15, 0.2) is 0 Å². The lowest BCUT2D eigenvalue weighted by Gasteiger charge is -2.27. The minimum atomic E-state index is -0.506. The van der Waals surface area contributed by atoms with Crippen molar-refractivity contribution in [2.24, 2.45) is 0 Å². The predicted molar refractivity (Wildman–Crippen MR) is 99.1 cm³/mol. The van der Waals surface area contributed by atoms with Gasteiger partial charge in [0.25, 0.3) is 5.69 Å². The maximum absolute atomic E-state index is 12.4. The number of benzene rings is 1. The van der Waals surface area contributed by atoms with E-state index in [-0.39, 0.29) is 30.3 Å². The fourth-order valence-electron chi connectivity index (χ4n) is 2.91. The van der Waals surface area contributed by atoms with Gasteiger partial charge in [-0.15, -0.1) is 11.3 Å². The summed E-state index contributed by atoms with van der Waals surface area (Å²) in [4.78, 5) is 37.9. The lowest BCUT2D eigenvalue weighted by molar-refractivity contribution is -0.384. The highest BCUT2D eigenvalue weighted by Crippen LogP contribution is 2.25. The average Bonchev–Trinajstić information content (AvgIpc) is 3.09. The fourth-order valence-corrected chi connectivity index (χ4v) is 3.80. The fraction of sp³-hybridized carbons (Fsp3) is 0.333. The van der Waals surface area contributed by atoms with E-state index < -0.39 is 4.92 Å². The van der Waals surface area contributed by atoms with Gasteiger partial charge in [-0.2, -0.15) is 0 Å². The van der Waals surface area contributed by atoms with E-state index in [9.17, 15) is 19.7 Å². The molecule has 1 aliphatic heterocycles. The quantitative estimate of drug-likeness (QED) is 0.643. The van der Waals surface area contributed by atoms with Crippen LogP contribution in [0, 0.1) is 17.0 Å². The SMILES string of the molecule is Cc1ccc([N+](=O)[O-])cc1NC(=O)CCC(=O)N1CCc2sccc2C1. The highest BCUT2D eigenvalue weighted by molar-refractivity contribution is 7.10. The summed E-state index contributed by atoms with van der Waals surface area (Å²) in [5.74, 6) is -0.372. The molecular weight excluding hydrogens is 354 g/mol. The molecule has 0 bridgehead atoms. The Bertz CT molecular complexity index is 862. The molecule has 0 saturated heterocycles. The third kappa shape index (κ3) is 4.08. The molecule has 0 aliphatic carbocycles. The number of carbonyl (C=O) groups excluding carboxylic acids is 2. The Morgan fingerprint density at radius 3 is 2.88 bits per heavy atom. The lowest BCUT2D eigenvalue weighted by atomic mass is 10.1. The van der Waals surface area contributed by atoms with Gasteiger partial charge in [-0.1, -0.05) is 6.07 Å². The molecule has 0 atom stereocenters. The topological polar surface area (TPSA) is 92.5 Å². The molecule has 0 unspecified atom stereocenters. The number of rotatable bonds is 5. The zero-order chi connectivity index (χ0) is 18.7. The molecule has 26 heavy (non-hydrogen) atoms. The molecule has 1 N–H and O–H groups in total. The van der Waals surface area contributed by atoms with Crippen LogP contribution in [0.2, 0.25) is 0 Å². The number of anilines is 1. The molecule has 0 spiro atoms. The second-order valence-corrected chi connectivity index (χ2v) is 7.24. The maximum Gasteiger partial charge on any atom is 0.271 e. The smallest absolute Gasteiger partial charge is 0.271 e. The van der Waals surface area contributed by atoms with Gasteiger partial charge in [-0.25, -0.2) is 0 Å². The van der Waals surface area contributed by atoms with Crippen LogP contribution in [0.3, 0.4) is 0 Å². The lowest BCUT2D eigenvalue weighted by Crippen LogP contribution is -2.35. The zero-order valence-corrected chi connectivity index (χ0v) is 15.2. The van der Waals surface area contributed by atoms with E-state index in [1.54, 1.807) is 29.2 Å². The number of hydrogen-bond donors (Lipinski definition) is 1. The minimum Gasteiger partial charge on any atom is -0.338 e. The van der Waals surface area contributed by atoms with Gasteiger partial charge in [0.1, 0.15) is 0 Å². The van der Waals surface area contributed by atoms with Crippen molar-refractivity contribution in [2.45, 2.75) is 32.7 Å². The number of nitro groups is 1. The summed E-state index contributed by atoms with van der Waals surface area (Å²) in [7, 11) is 0. The van der Waals surface area contributed by atoms with Crippen LogP contribution in [-0.2, 0) is 22.6 Å². The number of nitrogens with one attached hydrogen (secondary N) is 1. The molecular formula is C18H19N3O4S. The molecule has 1 aromatic carbocycles. The Balaban J connectivity index is 1.54. The van der Waals surface area contributed by atoms with Gasteiger partial charge in [-0.05, 0) is 35.9 Å². The number of amides is 2. The minimum absolute atomic E-state index is 0.0484. The molecule has 1 aromatic heterocycles. The second kappa shape index (κ2) is 7.65. The van der Waals surface area contributed by atoms with Crippen molar-refractivity contribution in [3.8, 4) is 0 Å². The van der Waals surface area contributed by atoms with Crippen molar-refractivity contribution in [1.82, 2.24) is 4.90 Å². The molecule has 7 nitrogen and oxygen atoms in total. The van der Waals surface area contributed by atoms with Gasteiger partial charge in [-0.3, -0.25) is 19.7 Å². The Morgan fingerprint density at radius 1 is 1.31 bits per heavy atom. The number of non-ortho nitro benzene ring substituents is 1. The summed E-state index contributed by atoms with van der Waals surface area (Å²) < 4.78 is 0. The van der Waals surface area contributed by atoms with Crippen molar-refractivity contribution in [3.63, 3.8) is 0 Å². The Kier molecular flexibility index (Phi) is 5.32. The van der Waals surface area contributed by atoms with Crippen molar-refractivity contribution in [1.29, 1.82) is 0 Å². The molecule has 3 rings (SSSR count). The summed E-state index contributed by atoms with van der Waals surface area (Å²) in [6.45, 7) is 3.04. The third-order valence-corrected chi connectivity index (χ3v) is 5.46. The third-order valence-electron chi connectivity index (χ3n) is 4.43. The van der Waals surface area contributed by atoms with Crippen LogP contribution >= 0.6 is 11.3 Å². The molecule has 2 amide bonds. The first kappa shape index (κ1) is 18.1. The highest BCUT2D eigenvalue weighted by Gasteiger charge is 2.22. The second-order valence-electron chi connectivity index (χ2n) is 6.24. The van der Waals surface area contributed by atoms with Crippen LogP contribution in [0.4, 0.5) is 11.4 Å². The van der Waals surface area contributed by atoms with Crippen molar-refractivity contribution < 1.29 is 14.5 Å². The van der Waals surface area contributed by atoms with Crippen molar-refractivity contribution in [2.75, 3.05) is 11.9 Å². The monoisotopic (exact) mass is 373 g/mol.